The molecule has 0 aromatic heterocycles. The van der Waals surface area contributed by atoms with Gasteiger partial charge in [-0.15, -0.1) is 0 Å². The first-order chi connectivity index (χ1) is 16.2. The maximum atomic E-state index is 13.6. The Morgan fingerprint density at radius 2 is 0.889 bits per heavy atom. The summed E-state index contributed by atoms with van der Waals surface area (Å²) >= 11 is 5.56. The van der Waals surface area contributed by atoms with Crippen LogP contribution in [0.1, 0.15) is 45.2 Å². The van der Waals surface area contributed by atoms with E-state index < -0.39 is 86.4 Å². The SMILES string of the molecule is O=C(C(CBr)c1ccc(C(F)(F)F)cc1C(F)(F)F)C(CBr)c1ccc(C(F)(F)F)cc1C(F)(F)F. The summed E-state index contributed by atoms with van der Waals surface area (Å²) in [7, 11) is 0. The Bertz CT molecular complexity index is 1010. The molecule has 0 saturated carbocycles. The number of ketones is 1. The smallest absolute Gasteiger partial charge is 0.298 e. The van der Waals surface area contributed by atoms with Gasteiger partial charge in [-0.3, -0.25) is 4.79 Å². The zero-order valence-corrected chi connectivity index (χ0v) is 20.4. The fourth-order valence-corrected chi connectivity index (χ4v) is 4.77. The van der Waals surface area contributed by atoms with Crippen molar-refractivity contribution in [3.05, 3.63) is 69.8 Å². The summed E-state index contributed by atoms with van der Waals surface area (Å²) in [6.45, 7) is 0. The van der Waals surface area contributed by atoms with E-state index in [4.69, 9.17) is 0 Å². The molecule has 0 aliphatic carbocycles. The van der Waals surface area contributed by atoms with Gasteiger partial charge in [0.05, 0.1) is 34.1 Å². The van der Waals surface area contributed by atoms with Crippen molar-refractivity contribution in [2.75, 3.05) is 10.7 Å². The zero-order valence-electron chi connectivity index (χ0n) is 17.2. The highest BCUT2D eigenvalue weighted by Gasteiger charge is 2.44. The molecule has 2 rings (SSSR count). The van der Waals surface area contributed by atoms with Gasteiger partial charge in [-0.05, 0) is 35.4 Å². The Balaban J connectivity index is 2.69. The number of Topliss-reactive ketones (excluding diaryl/α,β-unsaturated/α-hetero) is 1. The third-order valence-corrected chi connectivity index (χ3v) is 6.41. The van der Waals surface area contributed by atoms with Crippen molar-refractivity contribution in [2.24, 2.45) is 0 Å². The number of carbonyl (C=O) groups excluding carboxylic acids is 1. The topological polar surface area (TPSA) is 17.1 Å². The second-order valence-corrected chi connectivity index (χ2v) is 8.71. The van der Waals surface area contributed by atoms with Crippen LogP contribution in [-0.4, -0.2) is 16.4 Å². The van der Waals surface area contributed by atoms with E-state index >= 15 is 0 Å². The van der Waals surface area contributed by atoms with Crippen LogP contribution < -0.4 is 0 Å². The minimum atomic E-state index is -5.37. The maximum Gasteiger partial charge on any atom is 0.416 e. The summed E-state index contributed by atoms with van der Waals surface area (Å²) in [4.78, 5) is 13.2. The molecule has 1 nitrogen and oxygen atoms in total. The standard InChI is InChI=1S/C21H12Br2F12O/c22-7-13(11-3-1-9(18(24,25)26)5-15(11)20(30,31)32)17(36)14(8-23)12-4-2-10(19(27,28)29)6-16(12)21(33,34)35/h1-6,13-14H,7-8H2. The molecule has 2 atom stereocenters. The lowest BCUT2D eigenvalue weighted by atomic mass is 9.81. The minimum absolute atomic E-state index is 0.222. The number of hydrogen-bond donors (Lipinski definition) is 0. The summed E-state index contributed by atoms with van der Waals surface area (Å²) in [5.74, 6) is -5.08. The van der Waals surface area contributed by atoms with E-state index in [1.54, 1.807) is 0 Å². The van der Waals surface area contributed by atoms with Gasteiger partial charge in [0.2, 0.25) is 0 Å². The van der Waals surface area contributed by atoms with Gasteiger partial charge in [-0.2, -0.15) is 52.7 Å². The highest BCUT2D eigenvalue weighted by molar-refractivity contribution is 9.09. The normalized spacial score (nSPS) is 15.1. The average Bonchev–Trinajstić information content (AvgIpc) is 2.72. The van der Waals surface area contributed by atoms with Gasteiger partial charge in [0.1, 0.15) is 5.78 Å². The van der Waals surface area contributed by atoms with E-state index in [0.717, 1.165) is 0 Å². The molecule has 0 fully saturated rings. The van der Waals surface area contributed by atoms with Crippen molar-refractivity contribution < 1.29 is 57.5 Å². The van der Waals surface area contributed by atoms with Crippen molar-refractivity contribution in [3.8, 4) is 0 Å². The van der Waals surface area contributed by atoms with Gasteiger partial charge in [-0.25, -0.2) is 0 Å². The number of hydrogen-bond acceptors (Lipinski definition) is 1. The van der Waals surface area contributed by atoms with Gasteiger partial charge >= 0.3 is 24.7 Å². The van der Waals surface area contributed by atoms with Crippen molar-refractivity contribution in [3.63, 3.8) is 0 Å². The van der Waals surface area contributed by atoms with Crippen LogP contribution in [0, 0.1) is 0 Å². The predicted octanol–water partition coefficient (Wildman–Crippen LogP) is 8.99. The Morgan fingerprint density at radius 3 is 1.11 bits per heavy atom. The number of alkyl halides is 14. The van der Waals surface area contributed by atoms with E-state index in [1.807, 2.05) is 0 Å². The van der Waals surface area contributed by atoms with Gasteiger partial charge in [0.15, 0.2) is 0 Å². The average molecular weight is 668 g/mol. The van der Waals surface area contributed by atoms with Crippen LogP contribution in [0.4, 0.5) is 52.7 Å². The van der Waals surface area contributed by atoms with Crippen molar-refractivity contribution in [2.45, 2.75) is 36.5 Å². The summed E-state index contributed by atoms with van der Waals surface area (Å²) in [6, 6.07) is 0.934. The molecule has 0 heterocycles. The maximum absolute atomic E-state index is 13.6. The van der Waals surface area contributed by atoms with Gasteiger partial charge in [0.25, 0.3) is 0 Å². The Labute approximate surface area is 212 Å². The number of halogens is 14. The van der Waals surface area contributed by atoms with Crippen LogP contribution in [0.2, 0.25) is 0 Å². The molecular weight excluding hydrogens is 656 g/mol. The Hall–Kier alpha value is -1.77. The number of carbonyl (C=O) groups is 1. The molecule has 2 aromatic rings. The van der Waals surface area contributed by atoms with E-state index in [-0.39, 0.29) is 24.3 Å². The number of rotatable bonds is 6. The molecule has 0 radical (unpaired) electrons. The van der Waals surface area contributed by atoms with Crippen molar-refractivity contribution in [1.82, 2.24) is 0 Å². The summed E-state index contributed by atoms with van der Waals surface area (Å²) in [6.07, 6.45) is -21.1. The Kier molecular flexibility index (Phi) is 8.92. The van der Waals surface area contributed by atoms with Gasteiger partial charge < -0.3 is 0 Å². The van der Waals surface area contributed by atoms with E-state index in [9.17, 15) is 57.5 Å². The third-order valence-electron chi connectivity index (χ3n) is 5.12. The molecule has 36 heavy (non-hydrogen) atoms. The fourth-order valence-electron chi connectivity index (χ4n) is 3.43. The summed E-state index contributed by atoms with van der Waals surface area (Å²) in [5.41, 5.74) is -8.87. The van der Waals surface area contributed by atoms with E-state index in [1.165, 1.54) is 0 Å². The highest BCUT2D eigenvalue weighted by atomic mass is 79.9. The lowest BCUT2D eigenvalue weighted by molar-refractivity contribution is -0.145. The molecular formula is C21H12Br2F12O. The van der Waals surface area contributed by atoms with Crippen molar-refractivity contribution in [1.29, 1.82) is 0 Å². The van der Waals surface area contributed by atoms with Crippen molar-refractivity contribution >= 4 is 37.6 Å². The van der Waals surface area contributed by atoms with Crippen LogP contribution in [0.15, 0.2) is 36.4 Å². The molecule has 0 amide bonds. The number of benzene rings is 2. The predicted molar refractivity (Wildman–Crippen MR) is 111 cm³/mol. The molecule has 0 spiro atoms. The third kappa shape index (κ3) is 6.75. The first-order valence-electron chi connectivity index (χ1n) is 9.45. The lowest BCUT2D eigenvalue weighted by Crippen LogP contribution is -2.27. The second kappa shape index (κ2) is 10.5. The molecule has 0 bridgehead atoms. The quantitative estimate of drug-likeness (QED) is 0.222. The minimum Gasteiger partial charge on any atom is -0.298 e. The molecule has 0 saturated heterocycles. The Morgan fingerprint density at radius 1 is 0.583 bits per heavy atom. The molecule has 2 aromatic carbocycles. The summed E-state index contributed by atoms with van der Waals surface area (Å²) < 4.78 is 159. The van der Waals surface area contributed by atoms with Gasteiger partial charge in [0, 0.05) is 10.7 Å². The molecule has 15 heteroatoms. The highest BCUT2D eigenvalue weighted by Crippen LogP contribution is 2.44. The van der Waals surface area contributed by atoms with E-state index in [2.05, 4.69) is 31.9 Å². The molecule has 0 aliphatic rings. The second-order valence-electron chi connectivity index (χ2n) is 7.41. The van der Waals surface area contributed by atoms with Crippen LogP contribution in [0.25, 0.3) is 0 Å². The molecule has 2 unspecified atom stereocenters. The van der Waals surface area contributed by atoms with Crippen LogP contribution in [0.5, 0.6) is 0 Å². The zero-order chi connectivity index (χ0) is 27.9. The molecule has 200 valence electrons. The molecule has 0 aliphatic heterocycles. The largest absolute Gasteiger partial charge is 0.416 e. The van der Waals surface area contributed by atoms with Crippen LogP contribution in [-0.2, 0) is 29.5 Å². The van der Waals surface area contributed by atoms with E-state index in [0.29, 0.717) is 12.1 Å². The monoisotopic (exact) mass is 666 g/mol. The van der Waals surface area contributed by atoms with Crippen LogP contribution >= 0.6 is 31.9 Å². The fraction of sp³-hybridized carbons (Fsp3) is 0.381. The summed E-state index contributed by atoms with van der Waals surface area (Å²) in [5, 5.41) is -1.27. The lowest BCUT2D eigenvalue weighted by Gasteiger charge is -2.26. The first kappa shape index (κ1) is 30.5. The van der Waals surface area contributed by atoms with Gasteiger partial charge in [-0.1, -0.05) is 44.0 Å². The molecule has 0 N–H and O–H groups in total. The first-order valence-corrected chi connectivity index (χ1v) is 11.7. The van der Waals surface area contributed by atoms with Crippen LogP contribution in [0.3, 0.4) is 0 Å².